The van der Waals surface area contributed by atoms with E-state index in [-0.39, 0.29) is 19.1 Å². The van der Waals surface area contributed by atoms with E-state index in [9.17, 15) is 14.4 Å². The highest BCUT2D eigenvalue weighted by Gasteiger charge is 2.33. The van der Waals surface area contributed by atoms with Gasteiger partial charge < -0.3 is 30.0 Å². The standard InChI is InChI=1S/C26H30N2O7/c1-15(33-2)23(24(29)27-13-16-11-12-22(35-16)25(30)31)28-26(32)34-14-21-19-9-5-3-7-17(19)18-8-4-6-10-20(18)21/h3-10,15-16,21-23H,11-14H2,1-2H3,(H,27,29)(H,28,32)(H,30,31). The minimum atomic E-state index is -1.01. The summed E-state index contributed by atoms with van der Waals surface area (Å²) in [5, 5.41) is 14.4. The van der Waals surface area contributed by atoms with Crippen molar-refractivity contribution in [2.45, 2.75) is 50.0 Å². The molecule has 9 heteroatoms. The van der Waals surface area contributed by atoms with Crippen LogP contribution < -0.4 is 10.6 Å². The predicted octanol–water partition coefficient (Wildman–Crippen LogP) is 2.68. The molecule has 1 aliphatic heterocycles. The number of rotatable bonds is 9. The maximum atomic E-state index is 12.8. The van der Waals surface area contributed by atoms with Crippen molar-refractivity contribution in [3.05, 3.63) is 59.7 Å². The number of methoxy groups -OCH3 is 1. The lowest BCUT2D eigenvalue weighted by atomic mass is 9.98. The number of hydrogen-bond donors (Lipinski definition) is 3. The molecule has 4 atom stereocenters. The van der Waals surface area contributed by atoms with E-state index in [1.165, 1.54) is 7.11 Å². The predicted molar refractivity (Wildman–Crippen MR) is 127 cm³/mol. The molecule has 1 saturated heterocycles. The zero-order valence-electron chi connectivity index (χ0n) is 19.7. The number of aliphatic carboxylic acids is 1. The van der Waals surface area contributed by atoms with Gasteiger partial charge in [-0.25, -0.2) is 9.59 Å². The van der Waals surface area contributed by atoms with E-state index < -0.39 is 42.3 Å². The molecule has 1 aliphatic carbocycles. The number of carbonyl (C=O) groups is 3. The van der Waals surface area contributed by atoms with Gasteiger partial charge in [0, 0.05) is 19.6 Å². The second-order valence-electron chi connectivity index (χ2n) is 8.80. The molecule has 3 N–H and O–H groups in total. The number of ether oxygens (including phenoxy) is 3. The van der Waals surface area contributed by atoms with Crippen LogP contribution in [0.2, 0.25) is 0 Å². The van der Waals surface area contributed by atoms with Gasteiger partial charge in [0.15, 0.2) is 6.10 Å². The Morgan fingerprint density at radius 2 is 1.69 bits per heavy atom. The Morgan fingerprint density at radius 3 is 2.26 bits per heavy atom. The van der Waals surface area contributed by atoms with E-state index in [0.29, 0.717) is 12.8 Å². The van der Waals surface area contributed by atoms with E-state index in [0.717, 1.165) is 22.3 Å². The summed E-state index contributed by atoms with van der Waals surface area (Å²) in [4.78, 5) is 36.5. The van der Waals surface area contributed by atoms with Crippen molar-refractivity contribution in [3.8, 4) is 11.1 Å². The molecule has 186 valence electrons. The Kier molecular flexibility index (Phi) is 7.67. The molecule has 2 aromatic carbocycles. The van der Waals surface area contributed by atoms with Crippen molar-refractivity contribution in [3.63, 3.8) is 0 Å². The molecule has 0 aromatic heterocycles. The van der Waals surface area contributed by atoms with Gasteiger partial charge in [-0.1, -0.05) is 48.5 Å². The number of carboxylic acids is 1. The lowest BCUT2D eigenvalue weighted by Crippen LogP contribution is -2.54. The highest BCUT2D eigenvalue weighted by molar-refractivity contribution is 5.86. The van der Waals surface area contributed by atoms with Crippen LogP contribution in [0, 0.1) is 0 Å². The Bertz CT molecular complexity index is 1040. The zero-order chi connectivity index (χ0) is 24.9. The fraction of sp³-hybridized carbons (Fsp3) is 0.423. The maximum absolute atomic E-state index is 12.8. The van der Waals surface area contributed by atoms with Crippen LogP contribution in [-0.4, -0.2) is 67.7 Å². The quantitative estimate of drug-likeness (QED) is 0.502. The molecular weight excluding hydrogens is 452 g/mol. The average Bonchev–Trinajstić information content (AvgIpc) is 3.47. The number of carboxylic acid groups (broad SMARTS) is 1. The zero-order valence-corrected chi connectivity index (χ0v) is 19.7. The lowest BCUT2D eigenvalue weighted by Gasteiger charge is -2.24. The summed E-state index contributed by atoms with van der Waals surface area (Å²) in [6, 6.07) is 15.1. The molecule has 1 fully saturated rings. The van der Waals surface area contributed by atoms with Gasteiger partial charge >= 0.3 is 12.1 Å². The minimum Gasteiger partial charge on any atom is -0.479 e. The van der Waals surface area contributed by atoms with Crippen molar-refractivity contribution >= 4 is 18.0 Å². The van der Waals surface area contributed by atoms with Gasteiger partial charge in [-0.3, -0.25) is 4.79 Å². The molecular formula is C26H30N2O7. The van der Waals surface area contributed by atoms with Crippen molar-refractivity contribution < 1.29 is 33.7 Å². The van der Waals surface area contributed by atoms with Crippen LogP contribution in [0.5, 0.6) is 0 Å². The maximum Gasteiger partial charge on any atom is 0.407 e. The molecule has 9 nitrogen and oxygen atoms in total. The van der Waals surface area contributed by atoms with Crippen LogP contribution in [0.25, 0.3) is 11.1 Å². The van der Waals surface area contributed by atoms with Gasteiger partial charge in [0.05, 0.1) is 12.2 Å². The Morgan fingerprint density at radius 1 is 1.06 bits per heavy atom. The monoisotopic (exact) mass is 482 g/mol. The highest BCUT2D eigenvalue weighted by Crippen LogP contribution is 2.44. The van der Waals surface area contributed by atoms with Crippen LogP contribution >= 0.6 is 0 Å². The fourth-order valence-corrected chi connectivity index (χ4v) is 4.66. The molecule has 2 amide bonds. The van der Waals surface area contributed by atoms with Crippen LogP contribution in [0.1, 0.15) is 36.8 Å². The fourth-order valence-electron chi connectivity index (χ4n) is 4.66. The summed E-state index contributed by atoms with van der Waals surface area (Å²) >= 11 is 0. The summed E-state index contributed by atoms with van der Waals surface area (Å²) in [5.41, 5.74) is 4.44. The number of carbonyl (C=O) groups excluding carboxylic acids is 2. The third-order valence-corrected chi connectivity index (χ3v) is 6.63. The summed E-state index contributed by atoms with van der Waals surface area (Å²) in [6.07, 6.45) is -1.67. The first-order valence-electron chi connectivity index (χ1n) is 11.7. The number of nitrogens with one attached hydrogen (secondary N) is 2. The van der Waals surface area contributed by atoms with Crippen LogP contribution in [0.4, 0.5) is 4.79 Å². The minimum absolute atomic E-state index is 0.0954. The number of fused-ring (bicyclic) bond motifs is 3. The van der Waals surface area contributed by atoms with Crippen molar-refractivity contribution in [2.24, 2.45) is 0 Å². The van der Waals surface area contributed by atoms with Crippen LogP contribution in [0.3, 0.4) is 0 Å². The molecule has 2 aromatic rings. The second-order valence-corrected chi connectivity index (χ2v) is 8.80. The first kappa shape index (κ1) is 24.7. The topological polar surface area (TPSA) is 123 Å². The average molecular weight is 483 g/mol. The van der Waals surface area contributed by atoms with Gasteiger partial charge in [-0.2, -0.15) is 0 Å². The van der Waals surface area contributed by atoms with Crippen molar-refractivity contribution in [2.75, 3.05) is 20.3 Å². The number of amides is 2. The first-order chi connectivity index (χ1) is 16.9. The van der Waals surface area contributed by atoms with E-state index in [4.69, 9.17) is 19.3 Å². The first-order valence-corrected chi connectivity index (χ1v) is 11.7. The normalized spacial score (nSPS) is 20.4. The van der Waals surface area contributed by atoms with Crippen molar-refractivity contribution in [1.82, 2.24) is 10.6 Å². The number of benzene rings is 2. The summed E-state index contributed by atoms with van der Waals surface area (Å²) < 4.78 is 16.3. The Hall–Kier alpha value is -3.43. The summed E-state index contributed by atoms with van der Waals surface area (Å²) in [7, 11) is 1.45. The smallest absolute Gasteiger partial charge is 0.407 e. The molecule has 1 heterocycles. The third kappa shape index (κ3) is 5.47. The molecule has 0 bridgehead atoms. The van der Waals surface area contributed by atoms with Crippen molar-refractivity contribution in [1.29, 1.82) is 0 Å². The summed E-state index contributed by atoms with van der Waals surface area (Å²) in [5.74, 6) is -1.57. The van der Waals surface area contributed by atoms with Crippen LogP contribution in [0.15, 0.2) is 48.5 Å². The summed E-state index contributed by atoms with van der Waals surface area (Å²) in [6.45, 7) is 1.94. The third-order valence-electron chi connectivity index (χ3n) is 6.63. The lowest BCUT2D eigenvalue weighted by molar-refractivity contribution is -0.149. The van der Waals surface area contributed by atoms with Gasteiger partial charge in [0.2, 0.25) is 5.91 Å². The molecule has 4 rings (SSSR count). The number of alkyl carbamates (subject to hydrolysis) is 1. The molecule has 4 unspecified atom stereocenters. The van der Waals surface area contributed by atoms with Gasteiger partial charge in [0.1, 0.15) is 12.6 Å². The van der Waals surface area contributed by atoms with E-state index >= 15 is 0 Å². The SMILES string of the molecule is COC(C)C(NC(=O)OCC1c2ccccc2-c2ccccc21)C(=O)NCC1CCC(C(=O)O)O1. The van der Waals surface area contributed by atoms with E-state index in [2.05, 4.69) is 22.8 Å². The number of hydrogen-bond acceptors (Lipinski definition) is 6. The Labute approximate surface area is 203 Å². The van der Waals surface area contributed by atoms with E-state index in [1.54, 1.807) is 6.92 Å². The largest absolute Gasteiger partial charge is 0.479 e. The molecule has 0 saturated carbocycles. The highest BCUT2D eigenvalue weighted by atomic mass is 16.6. The second kappa shape index (κ2) is 10.9. The Balaban J connectivity index is 1.34. The molecule has 35 heavy (non-hydrogen) atoms. The van der Waals surface area contributed by atoms with Gasteiger partial charge in [-0.15, -0.1) is 0 Å². The van der Waals surface area contributed by atoms with E-state index in [1.807, 2.05) is 36.4 Å². The molecule has 0 spiro atoms. The molecule has 2 aliphatic rings. The van der Waals surface area contributed by atoms with Crippen LogP contribution in [-0.2, 0) is 23.8 Å². The van der Waals surface area contributed by atoms with Gasteiger partial charge in [-0.05, 0) is 42.0 Å². The molecule has 0 radical (unpaired) electrons. The van der Waals surface area contributed by atoms with Gasteiger partial charge in [0.25, 0.3) is 0 Å².